The van der Waals surface area contributed by atoms with Crippen LogP contribution in [0.2, 0.25) is 0 Å². The Morgan fingerprint density at radius 2 is 1.83 bits per heavy atom. The molecule has 0 fully saturated rings. The number of aldehydes is 1. The normalized spacial score (nSPS) is 10.0. The van der Waals surface area contributed by atoms with Crippen molar-refractivity contribution in [3.8, 4) is 5.75 Å². The second-order valence-corrected chi connectivity index (χ2v) is 4.49. The van der Waals surface area contributed by atoms with Crippen molar-refractivity contribution in [3.63, 3.8) is 0 Å². The zero-order chi connectivity index (χ0) is 13.7. The molecule has 4 heteroatoms. The van der Waals surface area contributed by atoms with Gasteiger partial charge in [0.05, 0.1) is 13.0 Å². The van der Waals surface area contributed by atoms with Crippen LogP contribution in [0, 0.1) is 13.8 Å². The highest BCUT2D eigenvalue weighted by Gasteiger charge is 2.08. The molecule has 0 N–H and O–H groups in total. The number of ether oxygens (including phenoxy) is 1. The van der Waals surface area contributed by atoms with Crippen LogP contribution in [0.4, 0.5) is 0 Å². The predicted molar refractivity (Wildman–Crippen MR) is 70.1 cm³/mol. The summed E-state index contributed by atoms with van der Waals surface area (Å²) in [6.07, 6.45) is 1.17. The largest absolute Gasteiger partial charge is 0.493 e. The second-order valence-electron chi connectivity index (χ2n) is 4.49. The standard InChI is InChI=1S/C14H19NO3/c1-10-7-12(9-16)8-11(2)14(10)18-6-5-13(17)15(3)4/h7-9H,5-6H2,1-4H3. The molecule has 0 saturated heterocycles. The van der Waals surface area contributed by atoms with Gasteiger partial charge in [0.25, 0.3) is 0 Å². The SMILES string of the molecule is Cc1cc(C=O)cc(C)c1OCCC(=O)N(C)C. The first-order chi connectivity index (χ1) is 8.45. The summed E-state index contributed by atoms with van der Waals surface area (Å²) < 4.78 is 5.62. The van der Waals surface area contributed by atoms with Gasteiger partial charge in [0, 0.05) is 19.7 Å². The molecule has 0 aromatic heterocycles. The fourth-order valence-electron chi connectivity index (χ4n) is 1.74. The van der Waals surface area contributed by atoms with Crippen molar-refractivity contribution in [3.05, 3.63) is 28.8 Å². The van der Waals surface area contributed by atoms with Crippen LogP contribution in [0.15, 0.2) is 12.1 Å². The van der Waals surface area contributed by atoms with Crippen molar-refractivity contribution < 1.29 is 14.3 Å². The lowest BCUT2D eigenvalue weighted by molar-refractivity contribution is -0.129. The molecule has 0 bridgehead atoms. The maximum absolute atomic E-state index is 11.4. The average molecular weight is 249 g/mol. The number of nitrogens with zero attached hydrogens (tertiary/aromatic N) is 1. The van der Waals surface area contributed by atoms with Crippen molar-refractivity contribution >= 4 is 12.2 Å². The number of benzene rings is 1. The summed E-state index contributed by atoms with van der Waals surface area (Å²) in [4.78, 5) is 23.7. The van der Waals surface area contributed by atoms with E-state index in [0.717, 1.165) is 23.2 Å². The summed E-state index contributed by atoms with van der Waals surface area (Å²) in [5, 5.41) is 0. The Labute approximate surface area is 108 Å². The highest BCUT2D eigenvalue weighted by molar-refractivity contribution is 5.76. The molecule has 1 aromatic carbocycles. The highest BCUT2D eigenvalue weighted by atomic mass is 16.5. The van der Waals surface area contributed by atoms with E-state index in [1.165, 1.54) is 0 Å². The molecule has 0 heterocycles. The summed E-state index contributed by atoms with van der Waals surface area (Å²) in [5.41, 5.74) is 2.46. The van der Waals surface area contributed by atoms with Gasteiger partial charge in [-0.2, -0.15) is 0 Å². The molecule has 18 heavy (non-hydrogen) atoms. The first kappa shape index (κ1) is 14.2. The summed E-state index contributed by atoms with van der Waals surface area (Å²) >= 11 is 0. The van der Waals surface area contributed by atoms with Gasteiger partial charge in [-0.25, -0.2) is 0 Å². The van der Waals surface area contributed by atoms with E-state index in [2.05, 4.69) is 0 Å². The summed E-state index contributed by atoms with van der Waals surface area (Å²) in [6.45, 7) is 4.13. The average Bonchev–Trinajstić information content (AvgIpc) is 2.31. The lowest BCUT2D eigenvalue weighted by atomic mass is 10.1. The fraction of sp³-hybridized carbons (Fsp3) is 0.429. The predicted octanol–water partition coefficient (Wildman–Crippen LogP) is 1.97. The number of rotatable bonds is 5. The third-order valence-corrected chi connectivity index (χ3v) is 2.68. The molecule has 0 spiro atoms. The van der Waals surface area contributed by atoms with Gasteiger partial charge in [-0.1, -0.05) is 0 Å². The number of amides is 1. The molecule has 1 rings (SSSR count). The Balaban J connectivity index is 2.68. The lowest BCUT2D eigenvalue weighted by Gasteiger charge is -2.14. The fourth-order valence-corrected chi connectivity index (χ4v) is 1.74. The molecule has 0 aliphatic rings. The van der Waals surface area contributed by atoms with E-state index in [-0.39, 0.29) is 5.91 Å². The molecule has 98 valence electrons. The van der Waals surface area contributed by atoms with Crippen LogP contribution in [-0.4, -0.2) is 37.8 Å². The maximum Gasteiger partial charge on any atom is 0.225 e. The van der Waals surface area contributed by atoms with Crippen molar-refractivity contribution in [2.24, 2.45) is 0 Å². The molecule has 4 nitrogen and oxygen atoms in total. The Bertz CT molecular complexity index is 429. The quantitative estimate of drug-likeness (QED) is 0.749. The van der Waals surface area contributed by atoms with Crippen LogP contribution in [0.5, 0.6) is 5.75 Å². The van der Waals surface area contributed by atoms with Gasteiger partial charge in [0.1, 0.15) is 12.0 Å². The minimum Gasteiger partial charge on any atom is -0.493 e. The van der Waals surface area contributed by atoms with E-state index in [0.29, 0.717) is 18.6 Å². The highest BCUT2D eigenvalue weighted by Crippen LogP contribution is 2.24. The van der Waals surface area contributed by atoms with Crippen LogP contribution in [0.25, 0.3) is 0 Å². The Kier molecular flexibility index (Phi) is 4.89. The summed E-state index contributed by atoms with van der Waals surface area (Å²) in [6, 6.07) is 3.56. The topological polar surface area (TPSA) is 46.6 Å². The molecule has 1 amide bonds. The Hall–Kier alpha value is -1.84. The third kappa shape index (κ3) is 3.58. The van der Waals surface area contributed by atoms with Gasteiger partial charge in [-0.15, -0.1) is 0 Å². The zero-order valence-corrected chi connectivity index (χ0v) is 11.3. The summed E-state index contributed by atoms with van der Waals surface area (Å²) in [5.74, 6) is 0.793. The minimum absolute atomic E-state index is 0.0369. The van der Waals surface area contributed by atoms with E-state index >= 15 is 0 Å². The number of hydrogen-bond acceptors (Lipinski definition) is 3. The van der Waals surface area contributed by atoms with E-state index in [1.807, 2.05) is 13.8 Å². The lowest BCUT2D eigenvalue weighted by Crippen LogP contribution is -2.23. The van der Waals surface area contributed by atoms with Gasteiger partial charge in [0.2, 0.25) is 5.91 Å². The first-order valence-electron chi connectivity index (χ1n) is 5.85. The van der Waals surface area contributed by atoms with Gasteiger partial charge in [-0.05, 0) is 37.1 Å². The molecular formula is C14H19NO3. The van der Waals surface area contributed by atoms with Gasteiger partial charge in [0.15, 0.2) is 0 Å². The minimum atomic E-state index is 0.0369. The molecular weight excluding hydrogens is 230 g/mol. The smallest absolute Gasteiger partial charge is 0.225 e. The molecule has 0 saturated carbocycles. The van der Waals surface area contributed by atoms with Gasteiger partial charge >= 0.3 is 0 Å². The van der Waals surface area contributed by atoms with E-state index in [1.54, 1.807) is 31.1 Å². The van der Waals surface area contributed by atoms with E-state index in [4.69, 9.17) is 4.74 Å². The van der Waals surface area contributed by atoms with E-state index < -0.39 is 0 Å². The number of hydrogen-bond donors (Lipinski definition) is 0. The molecule has 1 aromatic rings. The molecule has 0 unspecified atom stereocenters. The van der Waals surface area contributed by atoms with Crippen molar-refractivity contribution in [2.75, 3.05) is 20.7 Å². The monoisotopic (exact) mass is 249 g/mol. The molecule has 0 atom stereocenters. The summed E-state index contributed by atoms with van der Waals surface area (Å²) in [7, 11) is 3.44. The van der Waals surface area contributed by atoms with Crippen molar-refractivity contribution in [1.29, 1.82) is 0 Å². The number of carbonyl (C=O) groups is 2. The van der Waals surface area contributed by atoms with Crippen molar-refractivity contribution in [1.82, 2.24) is 4.90 Å². The van der Waals surface area contributed by atoms with Gasteiger partial charge in [-0.3, -0.25) is 9.59 Å². The third-order valence-electron chi connectivity index (χ3n) is 2.68. The Morgan fingerprint density at radius 1 is 1.28 bits per heavy atom. The van der Waals surface area contributed by atoms with Crippen LogP contribution in [-0.2, 0) is 4.79 Å². The maximum atomic E-state index is 11.4. The molecule has 0 aliphatic carbocycles. The number of carbonyl (C=O) groups excluding carboxylic acids is 2. The number of aryl methyl sites for hydroxylation is 2. The van der Waals surface area contributed by atoms with Crippen LogP contribution in [0.3, 0.4) is 0 Å². The Morgan fingerprint density at radius 3 is 2.28 bits per heavy atom. The van der Waals surface area contributed by atoms with Crippen LogP contribution in [0.1, 0.15) is 27.9 Å². The molecule has 0 radical (unpaired) electrons. The van der Waals surface area contributed by atoms with Crippen molar-refractivity contribution in [2.45, 2.75) is 20.3 Å². The molecule has 0 aliphatic heterocycles. The zero-order valence-electron chi connectivity index (χ0n) is 11.3. The van der Waals surface area contributed by atoms with Crippen LogP contribution < -0.4 is 4.74 Å². The van der Waals surface area contributed by atoms with E-state index in [9.17, 15) is 9.59 Å². The van der Waals surface area contributed by atoms with Crippen LogP contribution >= 0.6 is 0 Å². The second kappa shape index (κ2) is 6.19. The first-order valence-corrected chi connectivity index (χ1v) is 5.85. The van der Waals surface area contributed by atoms with Gasteiger partial charge < -0.3 is 9.64 Å².